The fourth-order valence-corrected chi connectivity index (χ4v) is 3.81. The summed E-state index contributed by atoms with van der Waals surface area (Å²) in [6, 6.07) is 17.7. The molecule has 0 radical (unpaired) electrons. The minimum atomic E-state index is -0.299. The van der Waals surface area contributed by atoms with Crippen LogP contribution in [0.25, 0.3) is 11.4 Å². The summed E-state index contributed by atoms with van der Waals surface area (Å²) in [5.74, 6) is 0.744. The van der Waals surface area contributed by atoms with Gasteiger partial charge in [0, 0.05) is 16.1 Å². The Balaban J connectivity index is 1.90. The van der Waals surface area contributed by atoms with Gasteiger partial charge in [-0.25, -0.2) is 0 Å². The van der Waals surface area contributed by atoms with E-state index < -0.39 is 0 Å². The first-order valence-electron chi connectivity index (χ1n) is 10.0. The van der Waals surface area contributed by atoms with E-state index in [1.807, 2.05) is 63.2 Å². The zero-order valence-corrected chi connectivity index (χ0v) is 19.3. The molecule has 1 unspecified atom stereocenters. The van der Waals surface area contributed by atoms with Crippen molar-refractivity contribution in [2.75, 3.05) is 0 Å². The van der Waals surface area contributed by atoms with E-state index in [1.165, 1.54) is 11.8 Å². The molecule has 3 aromatic rings. The minimum Gasteiger partial charge on any atom is -0.350 e. The zero-order valence-electron chi connectivity index (χ0n) is 17.7. The molecular weight excluding hydrogens is 416 g/mol. The molecule has 0 fully saturated rings. The second-order valence-electron chi connectivity index (χ2n) is 7.87. The lowest BCUT2D eigenvalue weighted by atomic mass is 10.0. The number of amides is 1. The van der Waals surface area contributed by atoms with Crippen LogP contribution in [0.4, 0.5) is 0 Å². The van der Waals surface area contributed by atoms with E-state index in [0.717, 1.165) is 23.4 Å². The molecule has 0 aliphatic heterocycles. The third-order valence-electron chi connectivity index (χ3n) is 5.00. The molecule has 0 aliphatic rings. The van der Waals surface area contributed by atoms with E-state index in [9.17, 15) is 4.79 Å². The second-order valence-corrected chi connectivity index (χ2v) is 9.62. The smallest absolute Gasteiger partial charge is 0.233 e. The third-order valence-corrected chi connectivity index (χ3v) is 6.33. The average molecular weight is 443 g/mol. The largest absolute Gasteiger partial charge is 0.350 e. The molecule has 0 spiro atoms. The summed E-state index contributed by atoms with van der Waals surface area (Å²) in [6.07, 6.45) is 0.862. The van der Waals surface area contributed by atoms with Gasteiger partial charge in [0.05, 0.1) is 11.8 Å². The van der Waals surface area contributed by atoms with Crippen LogP contribution in [-0.4, -0.2) is 31.5 Å². The number of nitrogens with one attached hydrogen (secondary N) is 1. The summed E-state index contributed by atoms with van der Waals surface area (Å²) in [4.78, 5) is 12.7. The predicted molar refractivity (Wildman–Crippen MR) is 124 cm³/mol. The van der Waals surface area contributed by atoms with E-state index >= 15 is 0 Å². The van der Waals surface area contributed by atoms with Crippen molar-refractivity contribution < 1.29 is 4.79 Å². The first kappa shape index (κ1) is 22.4. The number of hydrogen-bond acceptors (Lipinski definition) is 4. The summed E-state index contributed by atoms with van der Waals surface area (Å²) in [5, 5.41) is 13.0. The fraction of sp³-hybridized carbons (Fsp3) is 0.348. The number of carbonyl (C=O) groups excluding carboxylic acids is 1. The van der Waals surface area contributed by atoms with Crippen LogP contribution in [0.1, 0.15) is 39.7 Å². The van der Waals surface area contributed by atoms with E-state index in [0.29, 0.717) is 16.7 Å². The molecule has 1 heterocycles. The Kier molecular flexibility index (Phi) is 7.21. The summed E-state index contributed by atoms with van der Waals surface area (Å²) < 4.78 is 2.05. The lowest BCUT2D eigenvalue weighted by Crippen LogP contribution is -2.46. The van der Waals surface area contributed by atoms with Crippen LogP contribution in [0.2, 0.25) is 5.02 Å². The van der Waals surface area contributed by atoms with Crippen molar-refractivity contribution >= 4 is 29.3 Å². The van der Waals surface area contributed by atoms with Gasteiger partial charge in [-0.05, 0) is 57.0 Å². The Hall–Kier alpha value is -2.31. The third kappa shape index (κ3) is 5.64. The van der Waals surface area contributed by atoms with Gasteiger partial charge in [-0.15, -0.1) is 10.2 Å². The highest BCUT2D eigenvalue weighted by Crippen LogP contribution is 2.29. The van der Waals surface area contributed by atoms with Crippen LogP contribution in [0.15, 0.2) is 59.8 Å². The molecule has 1 atom stereocenters. The minimum absolute atomic E-state index is 0.00541. The molecular formula is C23H27ClN4OS. The van der Waals surface area contributed by atoms with Gasteiger partial charge in [-0.2, -0.15) is 0 Å². The average Bonchev–Trinajstić information content (AvgIpc) is 3.11. The van der Waals surface area contributed by atoms with Crippen LogP contribution in [0.3, 0.4) is 0 Å². The highest BCUT2D eigenvalue weighted by molar-refractivity contribution is 8.00. The number of benzene rings is 2. The van der Waals surface area contributed by atoms with Gasteiger partial charge >= 0.3 is 0 Å². The first-order chi connectivity index (χ1) is 14.3. The summed E-state index contributed by atoms with van der Waals surface area (Å²) in [6.45, 7) is 8.63. The number of nitrogens with zero attached hydrogens (tertiary/aromatic N) is 3. The molecule has 0 saturated heterocycles. The molecule has 158 valence electrons. The zero-order chi connectivity index (χ0) is 21.7. The molecule has 0 bridgehead atoms. The van der Waals surface area contributed by atoms with Gasteiger partial charge in [0.15, 0.2) is 11.0 Å². The van der Waals surface area contributed by atoms with E-state index in [4.69, 9.17) is 11.6 Å². The highest BCUT2D eigenvalue weighted by Gasteiger charge is 2.25. The van der Waals surface area contributed by atoms with Crippen LogP contribution >= 0.6 is 23.4 Å². The van der Waals surface area contributed by atoms with Crippen LogP contribution in [0.5, 0.6) is 0 Å². The van der Waals surface area contributed by atoms with Crippen molar-refractivity contribution in [3.05, 3.63) is 65.2 Å². The number of halogens is 1. The Morgan fingerprint density at radius 1 is 1.13 bits per heavy atom. The maximum absolute atomic E-state index is 12.7. The second kappa shape index (κ2) is 9.67. The van der Waals surface area contributed by atoms with Crippen molar-refractivity contribution in [1.29, 1.82) is 0 Å². The van der Waals surface area contributed by atoms with Gasteiger partial charge in [0.25, 0.3) is 0 Å². The maximum Gasteiger partial charge on any atom is 0.233 e. The number of carbonyl (C=O) groups is 1. The molecule has 3 rings (SSSR count). The maximum atomic E-state index is 12.7. The van der Waals surface area contributed by atoms with Crippen LogP contribution in [0, 0.1) is 0 Å². The molecule has 1 N–H and O–H groups in total. The normalized spacial score (nSPS) is 12.6. The molecule has 2 aromatic carbocycles. The Morgan fingerprint density at radius 3 is 2.43 bits per heavy atom. The number of aromatic nitrogens is 3. The molecule has 1 amide bonds. The van der Waals surface area contributed by atoms with Gasteiger partial charge in [-0.3, -0.25) is 9.36 Å². The molecule has 0 aliphatic carbocycles. The van der Waals surface area contributed by atoms with Crippen molar-refractivity contribution in [2.45, 2.75) is 56.6 Å². The van der Waals surface area contributed by atoms with Gasteiger partial charge in [0.2, 0.25) is 5.91 Å². The lowest BCUT2D eigenvalue weighted by molar-refractivity contribution is -0.121. The van der Waals surface area contributed by atoms with Crippen molar-refractivity contribution in [3.8, 4) is 11.4 Å². The fourth-order valence-electron chi connectivity index (χ4n) is 2.83. The summed E-state index contributed by atoms with van der Waals surface area (Å²) >= 11 is 7.47. The first-order valence-corrected chi connectivity index (χ1v) is 11.3. The van der Waals surface area contributed by atoms with Crippen molar-refractivity contribution in [2.24, 2.45) is 0 Å². The SMILES string of the molecule is CCC(C)(C)NC(=O)C(C)Sc1nnc(-c2ccc(Cl)cc2)n1Cc1ccccc1. The van der Waals surface area contributed by atoms with Gasteiger partial charge in [-0.1, -0.05) is 60.6 Å². The van der Waals surface area contributed by atoms with Gasteiger partial charge < -0.3 is 5.32 Å². The highest BCUT2D eigenvalue weighted by atomic mass is 35.5. The molecule has 7 heteroatoms. The monoisotopic (exact) mass is 442 g/mol. The number of rotatable bonds is 8. The Bertz CT molecular complexity index is 986. The molecule has 1 aromatic heterocycles. The van der Waals surface area contributed by atoms with E-state index in [2.05, 4.69) is 39.1 Å². The van der Waals surface area contributed by atoms with E-state index in [1.54, 1.807) is 0 Å². The standard InChI is InChI=1S/C23H27ClN4OS/c1-5-23(3,4)25-21(29)16(2)30-22-27-26-20(18-11-13-19(24)14-12-18)28(22)15-17-9-7-6-8-10-17/h6-14,16H,5,15H2,1-4H3,(H,25,29). The Labute approximate surface area is 187 Å². The van der Waals surface area contributed by atoms with Crippen LogP contribution in [-0.2, 0) is 11.3 Å². The molecule has 30 heavy (non-hydrogen) atoms. The Morgan fingerprint density at radius 2 is 1.80 bits per heavy atom. The van der Waals surface area contributed by atoms with Crippen molar-refractivity contribution in [3.63, 3.8) is 0 Å². The number of hydrogen-bond donors (Lipinski definition) is 1. The molecule has 0 saturated carbocycles. The summed E-state index contributed by atoms with van der Waals surface area (Å²) in [5.41, 5.74) is 1.83. The lowest BCUT2D eigenvalue weighted by Gasteiger charge is -2.26. The quantitative estimate of drug-likeness (QED) is 0.472. The van der Waals surface area contributed by atoms with E-state index in [-0.39, 0.29) is 16.7 Å². The predicted octanol–water partition coefficient (Wildman–Crippen LogP) is 5.43. The topological polar surface area (TPSA) is 59.8 Å². The summed E-state index contributed by atoms with van der Waals surface area (Å²) in [7, 11) is 0. The van der Waals surface area contributed by atoms with Gasteiger partial charge in [0.1, 0.15) is 0 Å². The molecule has 5 nitrogen and oxygen atoms in total. The van der Waals surface area contributed by atoms with Crippen molar-refractivity contribution in [1.82, 2.24) is 20.1 Å². The van der Waals surface area contributed by atoms with Crippen LogP contribution < -0.4 is 5.32 Å². The number of thioether (sulfide) groups is 1.